The molecule has 0 aliphatic rings. The summed E-state index contributed by atoms with van der Waals surface area (Å²) < 4.78 is 2.73. The topological polar surface area (TPSA) is 0 Å². The molecule has 1 heterocycles. The fraction of sp³-hybridized carbons (Fsp3) is 0.0435. The van der Waals surface area contributed by atoms with Crippen LogP contribution in [0.2, 0.25) is 0 Å². The molecule has 0 saturated heterocycles. The lowest BCUT2D eigenvalue weighted by Crippen LogP contribution is -1.89. The molecule has 0 fully saturated rings. The molecule has 0 atom stereocenters. The fourth-order valence-electron chi connectivity index (χ4n) is 6.75. The molecule has 0 bridgehead atoms. The summed E-state index contributed by atoms with van der Waals surface area (Å²) in [7, 11) is 0. The first kappa shape index (κ1) is 28.9. The van der Waals surface area contributed by atoms with Gasteiger partial charge in [-0.2, -0.15) is 0 Å². The van der Waals surface area contributed by atoms with Gasteiger partial charge in [0, 0.05) is 25.6 Å². The van der Waals surface area contributed by atoms with E-state index in [2.05, 4.69) is 165 Å². The molecule has 0 spiro atoms. The lowest BCUT2D eigenvalue weighted by atomic mass is 9.94. The van der Waals surface area contributed by atoms with Gasteiger partial charge in [0.15, 0.2) is 0 Å². The van der Waals surface area contributed by atoms with E-state index in [0.717, 1.165) is 6.42 Å². The van der Waals surface area contributed by atoms with Crippen molar-refractivity contribution >= 4 is 53.1 Å². The van der Waals surface area contributed by atoms with Gasteiger partial charge >= 0.3 is 0 Å². The van der Waals surface area contributed by atoms with Gasteiger partial charge in [-0.05, 0) is 69.0 Å². The molecular weight excluding hydrogens is 585 g/mol. The minimum atomic E-state index is 0.942. The normalized spacial score (nSPS) is 11.2. The summed E-state index contributed by atoms with van der Waals surface area (Å²) in [5.41, 5.74) is 9.06. The second-order valence-corrected chi connectivity index (χ2v) is 13.2. The van der Waals surface area contributed by atoms with Crippen molar-refractivity contribution in [1.29, 1.82) is 0 Å². The van der Waals surface area contributed by atoms with E-state index in [4.69, 9.17) is 0 Å². The standard InChI is InChI=1S/C39H26S.C7H8/c1-2-11-26(12-3-1)23-27-13-8-14-28(24-27)29-15-9-16-30(25-29)31-21-10-22-36-37-34-19-6-4-17-32(34)33-18-5-7-20-35(33)39(37)40-38(31)36;1-7-5-3-2-4-6-7/h1-22,24-25H,23H2;2-6H,1H3. The SMILES string of the molecule is Cc1ccccc1.c1ccc(Cc2cccc(-c3cccc(-c4cccc5c4sc4c6ccccc6c6ccccc6c54)c3)c2)cc1. The van der Waals surface area contributed by atoms with Crippen LogP contribution >= 0.6 is 11.3 Å². The van der Waals surface area contributed by atoms with E-state index in [1.807, 2.05) is 29.5 Å². The van der Waals surface area contributed by atoms with E-state index in [0.29, 0.717) is 0 Å². The minimum Gasteiger partial charge on any atom is -0.134 e. The second-order valence-electron chi connectivity index (χ2n) is 12.2. The van der Waals surface area contributed by atoms with Crippen molar-refractivity contribution in [3.05, 3.63) is 193 Å². The lowest BCUT2D eigenvalue weighted by Gasteiger charge is -2.09. The Morgan fingerprint density at radius 3 is 1.64 bits per heavy atom. The van der Waals surface area contributed by atoms with Gasteiger partial charge in [-0.15, -0.1) is 11.3 Å². The van der Waals surface area contributed by atoms with Gasteiger partial charge in [0.05, 0.1) is 0 Å². The highest BCUT2D eigenvalue weighted by Gasteiger charge is 2.16. The van der Waals surface area contributed by atoms with Gasteiger partial charge in [0.2, 0.25) is 0 Å². The van der Waals surface area contributed by atoms with E-state index in [1.165, 1.54) is 80.7 Å². The fourth-order valence-corrected chi connectivity index (χ4v) is 8.14. The molecule has 224 valence electrons. The average Bonchev–Trinajstić information content (AvgIpc) is 3.54. The number of thiophene rings is 1. The Hall–Kier alpha value is -5.50. The predicted molar refractivity (Wildman–Crippen MR) is 206 cm³/mol. The van der Waals surface area contributed by atoms with E-state index in [1.54, 1.807) is 0 Å². The molecule has 0 unspecified atom stereocenters. The van der Waals surface area contributed by atoms with E-state index in [9.17, 15) is 0 Å². The van der Waals surface area contributed by atoms with Crippen LogP contribution in [-0.2, 0) is 6.42 Å². The molecule has 0 saturated carbocycles. The Morgan fingerprint density at radius 2 is 0.915 bits per heavy atom. The van der Waals surface area contributed by atoms with Gasteiger partial charge in [-0.1, -0.05) is 175 Å². The molecule has 0 amide bonds. The Bertz CT molecular complexity index is 2490. The molecule has 1 heteroatoms. The summed E-state index contributed by atoms with van der Waals surface area (Å²) in [5, 5.41) is 8.05. The zero-order valence-corrected chi connectivity index (χ0v) is 27.2. The van der Waals surface area contributed by atoms with Crippen LogP contribution < -0.4 is 0 Å². The smallest absolute Gasteiger partial charge is 0.0440 e. The third kappa shape index (κ3) is 5.71. The van der Waals surface area contributed by atoms with Crippen molar-refractivity contribution in [1.82, 2.24) is 0 Å². The van der Waals surface area contributed by atoms with Crippen LogP contribution in [0.25, 0.3) is 64.0 Å². The molecule has 9 aromatic rings. The Labute approximate surface area is 280 Å². The highest BCUT2D eigenvalue weighted by molar-refractivity contribution is 7.27. The summed E-state index contributed by atoms with van der Waals surface area (Å²) >= 11 is 1.93. The average molecular weight is 619 g/mol. The maximum atomic E-state index is 2.36. The van der Waals surface area contributed by atoms with Crippen molar-refractivity contribution in [2.45, 2.75) is 13.3 Å². The van der Waals surface area contributed by atoms with Crippen LogP contribution in [0.3, 0.4) is 0 Å². The molecule has 9 rings (SSSR count). The van der Waals surface area contributed by atoms with Crippen LogP contribution in [0.4, 0.5) is 0 Å². The molecule has 0 nitrogen and oxygen atoms in total. The molecule has 0 aliphatic carbocycles. The Balaban J connectivity index is 0.000000413. The van der Waals surface area contributed by atoms with Crippen LogP contribution in [0.15, 0.2) is 176 Å². The zero-order chi connectivity index (χ0) is 31.6. The third-order valence-corrected chi connectivity index (χ3v) is 10.3. The first-order valence-electron chi connectivity index (χ1n) is 16.2. The molecule has 1 aromatic heterocycles. The Morgan fingerprint density at radius 1 is 0.383 bits per heavy atom. The van der Waals surface area contributed by atoms with E-state index >= 15 is 0 Å². The largest absolute Gasteiger partial charge is 0.134 e. The van der Waals surface area contributed by atoms with Crippen molar-refractivity contribution in [2.75, 3.05) is 0 Å². The summed E-state index contributed by atoms with van der Waals surface area (Å²) in [6, 6.07) is 63.5. The lowest BCUT2D eigenvalue weighted by molar-refractivity contribution is 1.19. The Kier molecular flexibility index (Phi) is 7.83. The van der Waals surface area contributed by atoms with E-state index in [-0.39, 0.29) is 0 Å². The quantitative estimate of drug-likeness (QED) is 0.172. The molecular formula is C46H34S. The predicted octanol–water partition coefficient (Wildman–Crippen LogP) is 13.3. The molecule has 47 heavy (non-hydrogen) atoms. The summed E-state index contributed by atoms with van der Waals surface area (Å²) in [5.74, 6) is 0. The van der Waals surface area contributed by atoms with Crippen LogP contribution in [0.5, 0.6) is 0 Å². The summed E-state index contributed by atoms with van der Waals surface area (Å²) in [6.07, 6.45) is 0.942. The van der Waals surface area contributed by atoms with Gasteiger partial charge in [0.1, 0.15) is 0 Å². The number of hydrogen-bond acceptors (Lipinski definition) is 1. The zero-order valence-electron chi connectivity index (χ0n) is 26.4. The number of benzene rings is 8. The van der Waals surface area contributed by atoms with Crippen molar-refractivity contribution in [3.8, 4) is 22.3 Å². The maximum Gasteiger partial charge on any atom is 0.0440 e. The van der Waals surface area contributed by atoms with Gasteiger partial charge < -0.3 is 0 Å². The van der Waals surface area contributed by atoms with Crippen molar-refractivity contribution in [3.63, 3.8) is 0 Å². The van der Waals surface area contributed by atoms with Crippen LogP contribution in [0.1, 0.15) is 16.7 Å². The van der Waals surface area contributed by atoms with Crippen LogP contribution in [-0.4, -0.2) is 0 Å². The van der Waals surface area contributed by atoms with Crippen molar-refractivity contribution in [2.24, 2.45) is 0 Å². The van der Waals surface area contributed by atoms with Crippen molar-refractivity contribution < 1.29 is 0 Å². The maximum absolute atomic E-state index is 2.36. The molecule has 0 N–H and O–H groups in total. The first-order valence-corrected chi connectivity index (χ1v) is 17.0. The highest BCUT2D eigenvalue weighted by atomic mass is 32.1. The molecule has 0 aliphatic heterocycles. The number of aryl methyl sites for hydroxylation is 1. The van der Waals surface area contributed by atoms with Gasteiger partial charge in [0.25, 0.3) is 0 Å². The number of hydrogen-bond donors (Lipinski definition) is 0. The minimum absolute atomic E-state index is 0.942. The monoisotopic (exact) mass is 618 g/mol. The van der Waals surface area contributed by atoms with Gasteiger partial charge in [-0.3, -0.25) is 0 Å². The molecule has 8 aromatic carbocycles. The summed E-state index contributed by atoms with van der Waals surface area (Å²) in [4.78, 5) is 0. The van der Waals surface area contributed by atoms with Gasteiger partial charge in [-0.25, -0.2) is 0 Å². The number of fused-ring (bicyclic) bond motifs is 8. The van der Waals surface area contributed by atoms with Crippen LogP contribution in [0, 0.1) is 6.92 Å². The second kappa shape index (κ2) is 12.7. The summed E-state index contributed by atoms with van der Waals surface area (Å²) in [6.45, 7) is 2.08. The van der Waals surface area contributed by atoms with E-state index < -0.39 is 0 Å². The number of rotatable bonds is 4. The third-order valence-electron chi connectivity index (χ3n) is 9.00. The molecule has 0 radical (unpaired) electrons. The highest BCUT2D eigenvalue weighted by Crippen LogP contribution is 2.46. The first-order chi connectivity index (χ1) is 23.2.